The van der Waals surface area contributed by atoms with Crippen molar-refractivity contribution in [1.82, 2.24) is 4.90 Å². The molecule has 6 heteroatoms. The van der Waals surface area contributed by atoms with Gasteiger partial charge in [0.15, 0.2) is 6.29 Å². The van der Waals surface area contributed by atoms with Crippen molar-refractivity contribution >= 4 is 29.9 Å². The number of hydrogen-bond acceptors (Lipinski definition) is 5. The summed E-state index contributed by atoms with van der Waals surface area (Å²) in [5.41, 5.74) is 3.32. The standard InChI is InChI=1S/C29H38N2O3.CH3Cl/c1-20-15-24(17-26(34)16-20)27(19-33)30-29(13-11-25(12-14-29)28(3,4)5)31(6)21(2)23-9-7-22(18-32)8-10-23;1-2/h7-10,15-19,21,25,34H,11-14H2,1-6H3;1H3/b30-27+;. The molecule has 1 aliphatic rings. The fourth-order valence-electron chi connectivity index (χ4n) is 5.22. The van der Waals surface area contributed by atoms with Crippen molar-refractivity contribution in [3.8, 4) is 5.75 Å². The third-order valence-corrected chi connectivity index (χ3v) is 7.60. The molecular weight excluding hydrogens is 472 g/mol. The molecule has 0 spiro atoms. The second-order valence-corrected chi connectivity index (χ2v) is 10.9. The molecule has 0 amide bonds. The summed E-state index contributed by atoms with van der Waals surface area (Å²) in [6.45, 7) is 10.9. The van der Waals surface area contributed by atoms with E-state index in [1.165, 1.54) is 6.38 Å². The summed E-state index contributed by atoms with van der Waals surface area (Å²) in [5, 5.41) is 10.1. The van der Waals surface area contributed by atoms with Gasteiger partial charge in [-0.3, -0.25) is 19.5 Å². The lowest BCUT2D eigenvalue weighted by Crippen LogP contribution is -2.50. The Morgan fingerprint density at radius 2 is 1.69 bits per heavy atom. The minimum atomic E-state index is -0.542. The average molecular weight is 513 g/mol. The highest BCUT2D eigenvalue weighted by Crippen LogP contribution is 2.46. The summed E-state index contributed by atoms with van der Waals surface area (Å²) < 4.78 is 0. The van der Waals surface area contributed by atoms with Gasteiger partial charge >= 0.3 is 0 Å². The van der Waals surface area contributed by atoms with Crippen molar-refractivity contribution in [2.45, 2.75) is 72.0 Å². The first-order valence-corrected chi connectivity index (χ1v) is 13.3. The van der Waals surface area contributed by atoms with Crippen LogP contribution in [0.1, 0.15) is 86.5 Å². The Morgan fingerprint density at radius 3 is 2.17 bits per heavy atom. The molecule has 2 aromatic carbocycles. The Balaban J connectivity index is 0.00000222. The van der Waals surface area contributed by atoms with Gasteiger partial charge in [-0.1, -0.05) is 45.0 Å². The molecule has 0 aliphatic heterocycles. The number of aryl methyl sites for hydroxylation is 1. The minimum absolute atomic E-state index is 0.0365. The third kappa shape index (κ3) is 7.04. The first-order valence-electron chi connectivity index (χ1n) is 12.5. The highest BCUT2D eigenvalue weighted by atomic mass is 35.5. The van der Waals surface area contributed by atoms with Gasteiger partial charge in [-0.15, -0.1) is 11.6 Å². The minimum Gasteiger partial charge on any atom is -0.508 e. The van der Waals surface area contributed by atoms with Gasteiger partial charge in [-0.25, -0.2) is 0 Å². The van der Waals surface area contributed by atoms with E-state index in [2.05, 4.69) is 51.2 Å². The van der Waals surface area contributed by atoms with Crippen LogP contribution in [0.3, 0.4) is 0 Å². The number of aliphatic imine (C=N–C) groups is 1. The largest absolute Gasteiger partial charge is 0.508 e. The number of aldehydes is 2. The first-order chi connectivity index (χ1) is 17.0. The number of phenols is 1. The van der Waals surface area contributed by atoms with Crippen LogP contribution in [0, 0.1) is 18.3 Å². The maximum Gasteiger partial charge on any atom is 0.168 e. The Hall–Kier alpha value is -2.50. The summed E-state index contributed by atoms with van der Waals surface area (Å²) in [6, 6.07) is 12.9. The molecule has 0 heterocycles. The highest BCUT2D eigenvalue weighted by Gasteiger charge is 2.43. The quantitative estimate of drug-likeness (QED) is 0.247. The molecule has 1 unspecified atom stereocenters. The van der Waals surface area contributed by atoms with E-state index >= 15 is 0 Å². The van der Waals surface area contributed by atoms with Crippen molar-refractivity contribution < 1.29 is 14.7 Å². The van der Waals surface area contributed by atoms with Gasteiger partial charge in [0.25, 0.3) is 0 Å². The van der Waals surface area contributed by atoms with E-state index in [0.29, 0.717) is 22.8 Å². The molecule has 1 aliphatic carbocycles. The molecule has 1 saturated carbocycles. The molecule has 0 saturated heterocycles. The predicted molar refractivity (Wildman–Crippen MR) is 149 cm³/mol. The molecule has 3 rings (SSSR count). The van der Waals surface area contributed by atoms with Crippen LogP contribution in [0.4, 0.5) is 0 Å². The lowest BCUT2D eigenvalue weighted by molar-refractivity contribution is -0.102. The number of rotatable bonds is 7. The van der Waals surface area contributed by atoms with Crippen molar-refractivity contribution in [1.29, 1.82) is 0 Å². The maximum atomic E-state index is 12.2. The van der Waals surface area contributed by atoms with Gasteiger partial charge in [-0.05, 0) is 87.2 Å². The van der Waals surface area contributed by atoms with Crippen LogP contribution < -0.4 is 0 Å². The van der Waals surface area contributed by atoms with E-state index < -0.39 is 5.66 Å². The summed E-state index contributed by atoms with van der Waals surface area (Å²) >= 11 is 4.64. The summed E-state index contributed by atoms with van der Waals surface area (Å²) in [7, 11) is 2.08. The average Bonchev–Trinajstić information content (AvgIpc) is 2.86. The number of aromatic hydroxyl groups is 1. The van der Waals surface area contributed by atoms with E-state index in [1.807, 2.05) is 37.3 Å². The number of halogens is 1. The van der Waals surface area contributed by atoms with Crippen LogP contribution >= 0.6 is 11.6 Å². The van der Waals surface area contributed by atoms with E-state index in [4.69, 9.17) is 4.99 Å². The zero-order chi connectivity index (χ0) is 27.1. The smallest absolute Gasteiger partial charge is 0.168 e. The molecule has 0 aromatic heterocycles. The van der Waals surface area contributed by atoms with Crippen LogP contribution in [-0.2, 0) is 4.79 Å². The maximum absolute atomic E-state index is 12.2. The molecular formula is C30H41ClN2O3. The van der Waals surface area contributed by atoms with E-state index in [1.54, 1.807) is 12.1 Å². The lowest BCUT2D eigenvalue weighted by Gasteiger charge is -2.48. The molecule has 1 atom stereocenters. The zero-order valence-corrected chi connectivity index (χ0v) is 23.5. The van der Waals surface area contributed by atoms with Crippen molar-refractivity contribution in [3.63, 3.8) is 0 Å². The van der Waals surface area contributed by atoms with Gasteiger partial charge in [0, 0.05) is 23.6 Å². The third-order valence-electron chi connectivity index (χ3n) is 7.60. The Morgan fingerprint density at radius 1 is 1.11 bits per heavy atom. The van der Waals surface area contributed by atoms with Crippen molar-refractivity contribution in [3.05, 3.63) is 64.7 Å². The molecule has 1 N–H and O–H groups in total. The van der Waals surface area contributed by atoms with Crippen LogP contribution in [0.2, 0.25) is 0 Å². The molecule has 2 aromatic rings. The molecule has 1 fully saturated rings. The van der Waals surface area contributed by atoms with Gasteiger partial charge in [0.05, 0.1) is 0 Å². The first kappa shape index (κ1) is 29.7. The predicted octanol–water partition coefficient (Wildman–Crippen LogP) is 6.98. The molecule has 196 valence electrons. The van der Waals surface area contributed by atoms with E-state index in [9.17, 15) is 14.7 Å². The van der Waals surface area contributed by atoms with Gasteiger partial charge in [0.2, 0.25) is 0 Å². The zero-order valence-electron chi connectivity index (χ0n) is 22.7. The number of carbonyl (C=O) groups excluding carboxylic acids is 2. The Bertz CT molecular complexity index is 1030. The van der Waals surface area contributed by atoms with E-state index in [0.717, 1.165) is 49.4 Å². The highest BCUT2D eigenvalue weighted by molar-refractivity contribution is 6.36. The van der Waals surface area contributed by atoms with Crippen molar-refractivity contribution in [2.75, 3.05) is 13.4 Å². The molecule has 5 nitrogen and oxygen atoms in total. The topological polar surface area (TPSA) is 70.0 Å². The molecule has 36 heavy (non-hydrogen) atoms. The van der Waals surface area contributed by atoms with Gasteiger partial charge in [0.1, 0.15) is 23.4 Å². The summed E-state index contributed by atoms with van der Waals surface area (Å²) in [4.78, 5) is 30.7. The Kier molecular flexibility index (Phi) is 10.4. The number of hydrogen-bond donors (Lipinski definition) is 1. The number of carbonyl (C=O) groups is 2. The SMILES string of the molecule is CCl.Cc1cc(O)cc(/C(C=O)=N/C2(N(C)C(C)c3ccc(C=O)cc3)CCC(C(C)(C)C)CC2)c1. The van der Waals surface area contributed by atoms with Crippen molar-refractivity contribution in [2.24, 2.45) is 16.3 Å². The van der Waals surface area contributed by atoms with Crippen LogP contribution in [0.15, 0.2) is 47.5 Å². The molecule has 0 radical (unpaired) electrons. The van der Waals surface area contributed by atoms with E-state index in [-0.39, 0.29) is 17.2 Å². The fraction of sp³-hybridized carbons (Fsp3) is 0.500. The number of nitrogens with zero attached hydrogens (tertiary/aromatic N) is 2. The monoisotopic (exact) mass is 512 g/mol. The van der Waals surface area contributed by atoms with Gasteiger partial charge < -0.3 is 5.11 Å². The van der Waals surface area contributed by atoms with Gasteiger partial charge in [-0.2, -0.15) is 0 Å². The number of phenolic OH excluding ortho intramolecular Hbond substituents is 1. The number of alkyl halides is 1. The van der Waals surface area contributed by atoms with Crippen LogP contribution in [0.25, 0.3) is 0 Å². The van der Waals surface area contributed by atoms with Crippen LogP contribution in [0.5, 0.6) is 5.75 Å². The second-order valence-electron chi connectivity index (χ2n) is 10.9. The second kappa shape index (κ2) is 12.6. The number of benzene rings is 2. The Labute approximate surface area is 221 Å². The fourth-order valence-corrected chi connectivity index (χ4v) is 5.22. The summed E-state index contributed by atoms with van der Waals surface area (Å²) in [5.74, 6) is 0.723. The summed E-state index contributed by atoms with van der Waals surface area (Å²) in [6.07, 6.45) is 6.88. The molecule has 0 bridgehead atoms. The normalized spacial score (nSPS) is 21.4. The lowest BCUT2D eigenvalue weighted by atomic mass is 9.69. The van der Waals surface area contributed by atoms with Crippen LogP contribution in [-0.4, -0.2) is 47.4 Å².